The molecule has 0 spiro atoms. The lowest BCUT2D eigenvalue weighted by Crippen LogP contribution is -2.27. The van der Waals surface area contributed by atoms with Crippen LogP contribution in [0.1, 0.15) is 8.30 Å². The lowest BCUT2D eigenvalue weighted by molar-refractivity contribution is 0.230. The summed E-state index contributed by atoms with van der Waals surface area (Å²) in [6.45, 7) is 1.72. The normalized spacial score (nSPS) is 11.7. The highest BCUT2D eigenvalue weighted by Crippen LogP contribution is 2.19. The number of benzene rings is 1. The molecule has 0 aliphatic heterocycles. The largest absolute Gasteiger partial charge is 0.331 e. The SMILES string of the molecule is [2H]c1cc(C)c(Cl)c([2H])c1NC(=O)N(C)C. The molecule has 0 saturated carbocycles. The Bertz CT molecular complexity index is 435. The van der Waals surface area contributed by atoms with Gasteiger partial charge in [0, 0.05) is 24.8 Å². The molecule has 0 aliphatic rings. The van der Waals surface area contributed by atoms with Crippen molar-refractivity contribution in [3.63, 3.8) is 0 Å². The molecule has 0 bridgehead atoms. The van der Waals surface area contributed by atoms with E-state index < -0.39 is 0 Å². The molecule has 2 amide bonds. The third-order valence-corrected chi connectivity index (χ3v) is 2.04. The summed E-state index contributed by atoms with van der Waals surface area (Å²) in [6.07, 6.45) is 0. The Morgan fingerprint density at radius 1 is 1.64 bits per heavy atom. The van der Waals surface area contributed by atoms with Gasteiger partial charge in [-0.1, -0.05) is 17.7 Å². The lowest BCUT2D eigenvalue weighted by Gasteiger charge is -2.12. The predicted molar refractivity (Wildman–Crippen MR) is 58.9 cm³/mol. The van der Waals surface area contributed by atoms with E-state index in [9.17, 15) is 4.79 Å². The number of nitrogens with one attached hydrogen (secondary N) is 1. The highest BCUT2D eigenvalue weighted by molar-refractivity contribution is 6.31. The third-order valence-electron chi connectivity index (χ3n) is 1.65. The molecule has 1 N–H and O–H groups in total. The minimum Gasteiger partial charge on any atom is -0.331 e. The van der Waals surface area contributed by atoms with Crippen LogP contribution < -0.4 is 5.32 Å². The van der Waals surface area contributed by atoms with Crippen molar-refractivity contribution in [2.45, 2.75) is 6.92 Å². The van der Waals surface area contributed by atoms with Crippen LogP contribution in [-0.4, -0.2) is 25.0 Å². The fourth-order valence-electron chi connectivity index (χ4n) is 0.774. The van der Waals surface area contributed by atoms with Gasteiger partial charge in [-0.3, -0.25) is 0 Å². The number of rotatable bonds is 1. The van der Waals surface area contributed by atoms with Gasteiger partial charge in [0.1, 0.15) is 0 Å². The molecule has 4 heteroatoms. The van der Waals surface area contributed by atoms with Gasteiger partial charge in [-0.2, -0.15) is 0 Å². The van der Waals surface area contributed by atoms with Gasteiger partial charge in [0.05, 0.1) is 2.74 Å². The molecule has 1 aromatic carbocycles. The molecule has 0 aromatic heterocycles. The monoisotopic (exact) mass is 214 g/mol. The van der Waals surface area contributed by atoms with E-state index in [-0.39, 0.29) is 28.8 Å². The van der Waals surface area contributed by atoms with Crippen LogP contribution in [0, 0.1) is 6.92 Å². The van der Waals surface area contributed by atoms with Gasteiger partial charge in [-0.15, -0.1) is 0 Å². The van der Waals surface area contributed by atoms with Crippen LogP contribution in [0.25, 0.3) is 0 Å². The summed E-state index contributed by atoms with van der Waals surface area (Å²) in [4.78, 5) is 12.7. The highest BCUT2D eigenvalue weighted by Gasteiger charge is 2.04. The first-order valence-corrected chi connectivity index (χ1v) is 4.47. The molecule has 0 saturated heterocycles. The smallest absolute Gasteiger partial charge is 0.321 e. The maximum absolute atomic E-state index is 11.4. The number of anilines is 1. The van der Waals surface area contributed by atoms with Gasteiger partial charge in [0.25, 0.3) is 0 Å². The molecule has 0 atom stereocenters. The first kappa shape index (κ1) is 8.12. The van der Waals surface area contributed by atoms with Crippen molar-refractivity contribution in [3.8, 4) is 0 Å². The maximum atomic E-state index is 11.4. The van der Waals surface area contributed by atoms with Crippen molar-refractivity contribution in [2.24, 2.45) is 0 Å². The van der Waals surface area contributed by atoms with Crippen LogP contribution in [0.5, 0.6) is 0 Å². The molecule has 0 unspecified atom stereocenters. The fourth-order valence-corrected chi connectivity index (χ4v) is 0.923. The van der Waals surface area contributed by atoms with Crippen molar-refractivity contribution in [2.75, 3.05) is 19.4 Å². The molecular weight excluding hydrogens is 200 g/mol. The number of hydrogen-bond donors (Lipinski definition) is 1. The van der Waals surface area contributed by atoms with E-state index in [4.69, 9.17) is 14.3 Å². The van der Waals surface area contributed by atoms with Gasteiger partial charge in [-0.25, -0.2) is 4.79 Å². The number of hydrogen-bond acceptors (Lipinski definition) is 1. The Morgan fingerprint density at radius 3 is 2.86 bits per heavy atom. The number of nitrogens with zero attached hydrogens (tertiary/aromatic N) is 1. The zero-order valence-corrected chi connectivity index (χ0v) is 9.07. The van der Waals surface area contributed by atoms with Gasteiger partial charge < -0.3 is 10.2 Å². The van der Waals surface area contributed by atoms with Crippen LogP contribution >= 0.6 is 11.6 Å². The second-order valence-electron chi connectivity index (χ2n) is 3.11. The molecular formula is C10H13ClN2O. The molecule has 14 heavy (non-hydrogen) atoms. The van der Waals surface area contributed by atoms with Gasteiger partial charge >= 0.3 is 6.03 Å². The van der Waals surface area contributed by atoms with E-state index in [0.29, 0.717) is 5.56 Å². The van der Waals surface area contributed by atoms with E-state index in [0.717, 1.165) is 0 Å². The van der Waals surface area contributed by atoms with E-state index in [1.54, 1.807) is 21.0 Å². The third kappa shape index (κ3) is 2.64. The summed E-state index contributed by atoms with van der Waals surface area (Å²) in [5, 5.41) is 2.73. The minimum absolute atomic E-state index is 0.0260. The summed E-state index contributed by atoms with van der Waals surface area (Å²) >= 11 is 5.88. The first-order valence-electron chi connectivity index (χ1n) is 5.09. The first-order chi connectivity index (χ1) is 7.34. The van der Waals surface area contributed by atoms with Crippen molar-refractivity contribution < 1.29 is 7.54 Å². The molecule has 1 aromatic rings. The second-order valence-corrected chi connectivity index (χ2v) is 3.49. The summed E-state index contributed by atoms with van der Waals surface area (Å²) < 4.78 is 15.4. The van der Waals surface area contributed by atoms with Crippen molar-refractivity contribution in [1.29, 1.82) is 0 Å². The molecule has 1 rings (SSSR count). The number of carbonyl (C=O) groups is 1. The van der Waals surface area contributed by atoms with Crippen molar-refractivity contribution in [3.05, 3.63) is 28.7 Å². The quantitative estimate of drug-likeness (QED) is 0.766. The standard InChI is InChI=1S/C10H13ClN2O/c1-7-4-5-8(6-9(7)11)12-10(14)13(2)3/h4-6H,1-3H3,(H,12,14)/i5D,6D. The molecule has 0 radical (unpaired) electrons. The number of carbonyl (C=O) groups excluding carboxylic acids is 1. The van der Waals surface area contributed by atoms with E-state index in [1.807, 2.05) is 0 Å². The van der Waals surface area contributed by atoms with Gasteiger partial charge in [0.15, 0.2) is 0 Å². The average molecular weight is 215 g/mol. The Balaban J connectivity index is 3.15. The number of urea groups is 1. The lowest BCUT2D eigenvalue weighted by atomic mass is 10.2. The van der Waals surface area contributed by atoms with Crippen molar-refractivity contribution in [1.82, 2.24) is 4.90 Å². The minimum atomic E-state index is -0.387. The Labute approximate surface area is 91.5 Å². The molecule has 76 valence electrons. The van der Waals surface area contributed by atoms with Crippen LogP contribution in [0.2, 0.25) is 5.02 Å². The second kappa shape index (κ2) is 4.33. The zero-order valence-electron chi connectivity index (χ0n) is 10.3. The molecule has 0 aliphatic carbocycles. The van der Waals surface area contributed by atoms with Crippen LogP contribution in [0.4, 0.5) is 10.5 Å². The Morgan fingerprint density at radius 2 is 2.29 bits per heavy atom. The van der Waals surface area contributed by atoms with E-state index in [2.05, 4.69) is 5.32 Å². The highest BCUT2D eigenvalue weighted by atomic mass is 35.5. The summed E-state index contributed by atoms with van der Waals surface area (Å²) in [5.74, 6) is 0. The number of amides is 2. The van der Waals surface area contributed by atoms with Gasteiger partial charge in [-0.05, 0) is 24.6 Å². The topological polar surface area (TPSA) is 32.3 Å². The summed E-state index contributed by atoms with van der Waals surface area (Å²) in [6, 6.07) is 1.19. The van der Waals surface area contributed by atoms with Gasteiger partial charge in [0.2, 0.25) is 0 Å². The van der Waals surface area contributed by atoms with E-state index in [1.165, 1.54) is 11.0 Å². The van der Waals surface area contributed by atoms with Crippen molar-refractivity contribution >= 4 is 23.3 Å². The van der Waals surface area contributed by atoms with Crippen LogP contribution in [0.15, 0.2) is 18.2 Å². The number of halogens is 1. The zero-order chi connectivity index (χ0) is 12.5. The van der Waals surface area contributed by atoms with E-state index >= 15 is 0 Å². The fraction of sp³-hybridized carbons (Fsp3) is 0.300. The summed E-state index contributed by atoms with van der Waals surface area (Å²) in [7, 11) is 3.16. The number of aryl methyl sites for hydroxylation is 1. The maximum Gasteiger partial charge on any atom is 0.321 e. The molecule has 0 heterocycles. The average Bonchev–Trinajstić information content (AvgIpc) is 2.20. The molecule has 3 nitrogen and oxygen atoms in total. The Kier molecular flexibility index (Phi) is 2.51. The van der Waals surface area contributed by atoms with Crippen LogP contribution in [-0.2, 0) is 0 Å². The molecule has 0 fully saturated rings. The predicted octanol–water partition coefficient (Wildman–Crippen LogP) is 2.74. The Hall–Kier alpha value is -1.22. The van der Waals surface area contributed by atoms with Crippen LogP contribution in [0.3, 0.4) is 0 Å². The summed E-state index contributed by atoms with van der Waals surface area (Å²) in [5.41, 5.74) is 0.786.